The molecule has 0 aliphatic rings. The molecule has 0 fully saturated rings. The van der Waals surface area contributed by atoms with E-state index in [1.54, 1.807) is 24.3 Å². The first-order chi connectivity index (χ1) is 13.0. The smallest absolute Gasteiger partial charge is 0.374 e. The van der Waals surface area contributed by atoms with Crippen molar-refractivity contribution in [3.05, 3.63) is 75.1 Å². The molecule has 0 aliphatic carbocycles. The number of hydrogen-bond acceptors (Lipinski definition) is 6. The average Bonchev–Trinajstić information content (AvgIpc) is 2.66. The van der Waals surface area contributed by atoms with E-state index in [0.717, 1.165) is 6.07 Å². The molecular weight excluding hydrogens is 372 g/mol. The third kappa shape index (κ3) is 4.14. The third-order valence-electron chi connectivity index (χ3n) is 3.55. The molecule has 134 valence electrons. The van der Waals surface area contributed by atoms with Crippen LogP contribution >= 0.6 is 11.6 Å². The Kier molecular flexibility index (Phi) is 5.20. The Morgan fingerprint density at radius 3 is 2.74 bits per heavy atom. The summed E-state index contributed by atoms with van der Waals surface area (Å²) < 4.78 is 10.2. The lowest BCUT2D eigenvalue weighted by molar-refractivity contribution is -0.119. The molecule has 3 rings (SSSR count). The minimum Gasteiger partial charge on any atom is -0.450 e. The van der Waals surface area contributed by atoms with Crippen LogP contribution in [0.3, 0.4) is 0 Å². The van der Waals surface area contributed by atoms with Crippen molar-refractivity contribution in [2.75, 3.05) is 11.9 Å². The van der Waals surface area contributed by atoms with Gasteiger partial charge in [-0.15, -0.1) is 0 Å². The van der Waals surface area contributed by atoms with Crippen molar-refractivity contribution in [2.24, 2.45) is 0 Å². The second kappa shape index (κ2) is 7.72. The van der Waals surface area contributed by atoms with Gasteiger partial charge in [-0.1, -0.05) is 23.7 Å². The normalized spacial score (nSPS) is 10.2. The summed E-state index contributed by atoms with van der Waals surface area (Å²) in [6, 6.07) is 13.7. The van der Waals surface area contributed by atoms with Gasteiger partial charge in [0, 0.05) is 11.1 Å². The fourth-order valence-electron chi connectivity index (χ4n) is 2.31. The van der Waals surface area contributed by atoms with E-state index in [0.29, 0.717) is 10.4 Å². The maximum atomic E-state index is 12.1. The van der Waals surface area contributed by atoms with Crippen LogP contribution < -0.4 is 10.7 Å². The molecule has 27 heavy (non-hydrogen) atoms. The SMILES string of the molecule is N#Cc1ccc(Cl)cc1NC(=O)COC(=O)c1cc(=O)c2ccccc2o1. The van der Waals surface area contributed by atoms with Gasteiger partial charge in [0.05, 0.1) is 16.6 Å². The van der Waals surface area contributed by atoms with Crippen LogP contribution in [0.4, 0.5) is 5.69 Å². The number of fused-ring (bicyclic) bond motifs is 1. The van der Waals surface area contributed by atoms with Crippen LogP contribution in [0, 0.1) is 11.3 Å². The van der Waals surface area contributed by atoms with Gasteiger partial charge in [-0.2, -0.15) is 5.26 Å². The molecule has 0 bridgehead atoms. The predicted molar refractivity (Wildman–Crippen MR) is 97.6 cm³/mol. The van der Waals surface area contributed by atoms with Crippen molar-refractivity contribution >= 4 is 40.1 Å². The molecule has 0 saturated carbocycles. The first kappa shape index (κ1) is 18.2. The first-order valence-corrected chi connectivity index (χ1v) is 8.05. The van der Waals surface area contributed by atoms with E-state index in [4.69, 9.17) is 26.0 Å². The highest BCUT2D eigenvalue weighted by atomic mass is 35.5. The molecule has 2 aromatic carbocycles. The highest BCUT2D eigenvalue weighted by molar-refractivity contribution is 6.31. The van der Waals surface area contributed by atoms with Crippen molar-refractivity contribution < 1.29 is 18.7 Å². The number of halogens is 1. The number of nitrogens with zero attached hydrogens (tertiary/aromatic N) is 1. The minimum absolute atomic E-state index is 0.197. The Hall–Kier alpha value is -3.63. The molecule has 1 N–H and O–H groups in total. The second-order valence-electron chi connectivity index (χ2n) is 5.40. The lowest BCUT2D eigenvalue weighted by Crippen LogP contribution is -2.22. The summed E-state index contributed by atoms with van der Waals surface area (Å²) in [5.74, 6) is -1.95. The fraction of sp³-hybridized carbons (Fsp3) is 0.0526. The van der Waals surface area contributed by atoms with Crippen molar-refractivity contribution in [3.8, 4) is 6.07 Å². The van der Waals surface area contributed by atoms with Crippen molar-refractivity contribution in [3.63, 3.8) is 0 Å². The zero-order chi connectivity index (χ0) is 19.4. The number of hydrogen-bond donors (Lipinski definition) is 1. The molecule has 0 aliphatic heterocycles. The highest BCUT2D eigenvalue weighted by Gasteiger charge is 2.16. The van der Waals surface area contributed by atoms with Gasteiger partial charge in [-0.25, -0.2) is 4.79 Å². The van der Waals surface area contributed by atoms with Crippen LogP contribution in [-0.2, 0) is 9.53 Å². The molecule has 1 heterocycles. The van der Waals surface area contributed by atoms with Crippen LogP contribution in [0.15, 0.2) is 57.7 Å². The van der Waals surface area contributed by atoms with Crippen LogP contribution in [0.1, 0.15) is 16.1 Å². The molecule has 0 saturated heterocycles. The van der Waals surface area contributed by atoms with Gasteiger partial charge < -0.3 is 14.5 Å². The van der Waals surface area contributed by atoms with Crippen LogP contribution in [-0.4, -0.2) is 18.5 Å². The lowest BCUT2D eigenvalue weighted by atomic mass is 10.2. The number of esters is 1. The van der Waals surface area contributed by atoms with E-state index < -0.39 is 23.9 Å². The summed E-state index contributed by atoms with van der Waals surface area (Å²) >= 11 is 5.84. The van der Waals surface area contributed by atoms with E-state index in [9.17, 15) is 14.4 Å². The summed E-state index contributed by atoms with van der Waals surface area (Å²) in [7, 11) is 0. The van der Waals surface area contributed by atoms with Gasteiger partial charge in [0.25, 0.3) is 5.91 Å². The minimum atomic E-state index is -0.959. The van der Waals surface area contributed by atoms with Crippen LogP contribution in [0.2, 0.25) is 5.02 Å². The molecule has 8 heteroatoms. The molecule has 0 spiro atoms. The second-order valence-corrected chi connectivity index (χ2v) is 5.83. The van der Waals surface area contributed by atoms with Gasteiger partial charge >= 0.3 is 5.97 Å². The quantitative estimate of drug-likeness (QED) is 0.694. The number of carbonyl (C=O) groups is 2. The summed E-state index contributed by atoms with van der Waals surface area (Å²) in [4.78, 5) is 36.0. The Morgan fingerprint density at radius 1 is 1.19 bits per heavy atom. The maximum absolute atomic E-state index is 12.1. The fourth-order valence-corrected chi connectivity index (χ4v) is 2.48. The van der Waals surface area contributed by atoms with Crippen molar-refractivity contribution in [2.45, 2.75) is 0 Å². The summed E-state index contributed by atoms with van der Waals surface area (Å²) in [6.07, 6.45) is 0. The number of para-hydroxylation sites is 1. The van der Waals surface area contributed by atoms with E-state index in [2.05, 4.69) is 5.32 Å². The number of nitrogens with one attached hydrogen (secondary N) is 1. The van der Waals surface area contributed by atoms with Gasteiger partial charge in [-0.05, 0) is 30.3 Å². The third-order valence-corrected chi connectivity index (χ3v) is 3.78. The monoisotopic (exact) mass is 382 g/mol. The molecule has 0 atom stereocenters. The van der Waals surface area contributed by atoms with Crippen LogP contribution in [0.5, 0.6) is 0 Å². The van der Waals surface area contributed by atoms with Crippen molar-refractivity contribution in [1.82, 2.24) is 0 Å². The Bertz CT molecular complexity index is 1150. The standard InChI is InChI=1S/C19H11ClN2O5/c20-12-6-5-11(9-21)14(7-12)22-18(24)10-26-19(25)17-8-15(23)13-3-1-2-4-16(13)27-17/h1-8H,10H2,(H,22,24). The maximum Gasteiger partial charge on any atom is 0.374 e. The molecular formula is C19H11ClN2O5. The number of nitriles is 1. The van der Waals surface area contributed by atoms with Gasteiger partial charge in [0.15, 0.2) is 12.0 Å². The summed E-state index contributed by atoms with van der Waals surface area (Å²) in [5, 5.41) is 12.1. The number of rotatable bonds is 4. The molecule has 7 nitrogen and oxygen atoms in total. The largest absolute Gasteiger partial charge is 0.450 e. The van der Waals surface area contributed by atoms with Gasteiger partial charge in [0.1, 0.15) is 11.7 Å². The molecule has 1 aromatic heterocycles. The van der Waals surface area contributed by atoms with E-state index in [1.807, 2.05) is 6.07 Å². The topological polar surface area (TPSA) is 109 Å². The molecule has 3 aromatic rings. The Labute approximate surface area is 157 Å². The van der Waals surface area contributed by atoms with Gasteiger partial charge in [-0.3, -0.25) is 9.59 Å². The van der Waals surface area contributed by atoms with E-state index in [1.165, 1.54) is 18.2 Å². The van der Waals surface area contributed by atoms with E-state index in [-0.39, 0.29) is 22.6 Å². The zero-order valence-corrected chi connectivity index (χ0v) is 14.4. The number of benzene rings is 2. The van der Waals surface area contributed by atoms with Gasteiger partial charge in [0.2, 0.25) is 5.76 Å². The summed E-state index contributed by atoms with van der Waals surface area (Å²) in [5.41, 5.74) is 0.243. The number of anilines is 1. The first-order valence-electron chi connectivity index (χ1n) is 7.67. The Balaban J connectivity index is 1.69. The predicted octanol–water partition coefficient (Wildman–Crippen LogP) is 3.11. The number of carbonyl (C=O) groups excluding carboxylic acids is 2. The van der Waals surface area contributed by atoms with Crippen LogP contribution in [0.25, 0.3) is 11.0 Å². The molecule has 0 unspecified atom stereocenters. The summed E-state index contributed by atoms with van der Waals surface area (Å²) in [6.45, 7) is -0.632. The number of amides is 1. The average molecular weight is 383 g/mol. The lowest BCUT2D eigenvalue weighted by Gasteiger charge is -2.08. The number of ether oxygens (including phenoxy) is 1. The highest BCUT2D eigenvalue weighted by Crippen LogP contribution is 2.20. The zero-order valence-electron chi connectivity index (χ0n) is 13.7. The molecule has 0 radical (unpaired) electrons. The van der Waals surface area contributed by atoms with Crippen molar-refractivity contribution in [1.29, 1.82) is 5.26 Å². The Morgan fingerprint density at radius 2 is 1.96 bits per heavy atom. The molecule has 1 amide bonds. The van der Waals surface area contributed by atoms with E-state index >= 15 is 0 Å².